The van der Waals surface area contributed by atoms with Crippen LogP contribution in [0.4, 0.5) is 0 Å². The maximum atomic E-state index is 11.6. The molecular formula is C14H18N4O2S2. The van der Waals surface area contributed by atoms with Crippen LogP contribution < -0.4 is 0 Å². The van der Waals surface area contributed by atoms with Crippen LogP contribution in [-0.2, 0) is 16.4 Å². The molecule has 2 aromatic rings. The Bertz CT molecular complexity index is 723. The molecule has 0 radical (unpaired) electrons. The van der Waals surface area contributed by atoms with Gasteiger partial charge in [0, 0.05) is 31.7 Å². The van der Waals surface area contributed by atoms with Gasteiger partial charge in [0.2, 0.25) is 10.0 Å². The fraction of sp³-hybridized carbons (Fsp3) is 0.500. The average Bonchev–Trinajstić information content (AvgIpc) is 3.01. The number of aromatic nitrogens is 3. The molecule has 1 aliphatic heterocycles. The van der Waals surface area contributed by atoms with Crippen LogP contribution in [0.25, 0.3) is 10.6 Å². The lowest BCUT2D eigenvalue weighted by Crippen LogP contribution is -2.38. The first-order valence-corrected chi connectivity index (χ1v) is 9.90. The summed E-state index contributed by atoms with van der Waals surface area (Å²) in [5, 5.41) is 0. The highest BCUT2D eigenvalue weighted by Crippen LogP contribution is 2.28. The second kappa shape index (κ2) is 6.39. The zero-order valence-corrected chi connectivity index (χ0v) is 14.0. The molecule has 1 saturated heterocycles. The van der Waals surface area contributed by atoms with Gasteiger partial charge in [0.15, 0.2) is 0 Å². The van der Waals surface area contributed by atoms with Crippen LogP contribution in [0.3, 0.4) is 0 Å². The summed E-state index contributed by atoms with van der Waals surface area (Å²) >= 11 is 1.55. The average molecular weight is 338 g/mol. The van der Waals surface area contributed by atoms with Crippen LogP contribution in [0.15, 0.2) is 24.1 Å². The van der Waals surface area contributed by atoms with E-state index in [1.165, 1.54) is 6.26 Å². The minimum Gasteiger partial charge on any atom is -0.257 e. The third-order valence-electron chi connectivity index (χ3n) is 3.96. The van der Waals surface area contributed by atoms with E-state index in [2.05, 4.69) is 15.0 Å². The van der Waals surface area contributed by atoms with Crippen molar-refractivity contribution in [2.24, 2.45) is 5.92 Å². The van der Waals surface area contributed by atoms with Crippen LogP contribution in [0.1, 0.15) is 18.5 Å². The third kappa shape index (κ3) is 3.50. The third-order valence-corrected chi connectivity index (χ3v) is 6.05. The van der Waals surface area contributed by atoms with Crippen molar-refractivity contribution >= 4 is 21.4 Å². The number of nitrogens with zero attached hydrogens (tertiary/aromatic N) is 4. The fourth-order valence-electron chi connectivity index (χ4n) is 2.77. The fourth-order valence-corrected chi connectivity index (χ4v) is 4.29. The Morgan fingerprint density at radius 1 is 1.27 bits per heavy atom. The molecule has 0 aromatic carbocycles. The van der Waals surface area contributed by atoms with E-state index in [1.54, 1.807) is 33.5 Å². The van der Waals surface area contributed by atoms with E-state index >= 15 is 0 Å². The first-order chi connectivity index (χ1) is 10.5. The van der Waals surface area contributed by atoms with Gasteiger partial charge < -0.3 is 0 Å². The molecule has 0 atom stereocenters. The lowest BCUT2D eigenvalue weighted by molar-refractivity contribution is 0.273. The molecule has 0 N–H and O–H groups in total. The Morgan fingerprint density at radius 3 is 2.64 bits per heavy atom. The topological polar surface area (TPSA) is 76.1 Å². The molecule has 8 heteroatoms. The maximum absolute atomic E-state index is 11.6. The van der Waals surface area contributed by atoms with Crippen LogP contribution in [-0.4, -0.2) is 47.0 Å². The summed E-state index contributed by atoms with van der Waals surface area (Å²) in [5.41, 5.74) is 3.67. The molecule has 0 saturated carbocycles. The van der Waals surface area contributed by atoms with E-state index in [0.29, 0.717) is 19.0 Å². The van der Waals surface area contributed by atoms with Crippen molar-refractivity contribution in [1.82, 2.24) is 19.3 Å². The predicted octanol–water partition coefficient (Wildman–Crippen LogP) is 1.81. The SMILES string of the molecule is CS(=O)(=O)N1CCC(Cc2nccnc2-c2cncs2)CC1. The van der Waals surface area contributed by atoms with Crippen LogP contribution in [0, 0.1) is 5.92 Å². The molecule has 0 unspecified atom stereocenters. The minimum absolute atomic E-state index is 0.446. The van der Waals surface area contributed by atoms with E-state index in [-0.39, 0.29) is 0 Å². The van der Waals surface area contributed by atoms with Gasteiger partial charge in [-0.05, 0) is 25.2 Å². The number of sulfonamides is 1. The Hall–Kier alpha value is -1.38. The molecule has 1 fully saturated rings. The van der Waals surface area contributed by atoms with Gasteiger partial charge in [-0.25, -0.2) is 12.7 Å². The number of piperidine rings is 1. The highest BCUT2D eigenvalue weighted by molar-refractivity contribution is 7.88. The number of rotatable bonds is 4. The second-order valence-electron chi connectivity index (χ2n) is 5.53. The highest BCUT2D eigenvalue weighted by Gasteiger charge is 2.26. The van der Waals surface area contributed by atoms with Crippen molar-refractivity contribution in [3.8, 4) is 10.6 Å². The van der Waals surface area contributed by atoms with E-state index in [1.807, 2.05) is 6.20 Å². The van der Waals surface area contributed by atoms with E-state index < -0.39 is 10.0 Å². The molecular weight excluding hydrogens is 320 g/mol. The molecule has 118 valence electrons. The molecule has 0 amide bonds. The number of thiazole rings is 1. The van der Waals surface area contributed by atoms with Crippen molar-refractivity contribution in [3.63, 3.8) is 0 Å². The molecule has 0 bridgehead atoms. The van der Waals surface area contributed by atoms with Crippen molar-refractivity contribution in [2.45, 2.75) is 19.3 Å². The summed E-state index contributed by atoms with van der Waals surface area (Å²) in [5.74, 6) is 0.446. The van der Waals surface area contributed by atoms with Gasteiger partial charge >= 0.3 is 0 Å². The van der Waals surface area contributed by atoms with Crippen molar-refractivity contribution < 1.29 is 8.42 Å². The van der Waals surface area contributed by atoms with Gasteiger partial charge in [-0.15, -0.1) is 11.3 Å². The van der Waals surface area contributed by atoms with Crippen LogP contribution in [0.2, 0.25) is 0 Å². The molecule has 22 heavy (non-hydrogen) atoms. The molecule has 0 aliphatic carbocycles. The van der Waals surface area contributed by atoms with Crippen molar-refractivity contribution in [1.29, 1.82) is 0 Å². The van der Waals surface area contributed by atoms with E-state index in [4.69, 9.17) is 0 Å². The minimum atomic E-state index is -3.07. The first-order valence-electron chi connectivity index (χ1n) is 7.18. The van der Waals surface area contributed by atoms with Gasteiger partial charge in [-0.2, -0.15) is 0 Å². The summed E-state index contributed by atoms with van der Waals surface area (Å²) in [4.78, 5) is 14.0. The Labute approximate surface area is 134 Å². The molecule has 0 spiro atoms. The standard InChI is InChI=1S/C14H18N4O2S2/c1-22(19,20)18-6-2-11(3-7-18)8-12-14(17-5-4-16-12)13-9-15-10-21-13/h4-5,9-11H,2-3,6-8H2,1H3. The first kappa shape index (κ1) is 15.5. The largest absolute Gasteiger partial charge is 0.257 e. The lowest BCUT2D eigenvalue weighted by Gasteiger charge is -2.30. The van der Waals surface area contributed by atoms with Gasteiger partial charge in [-0.1, -0.05) is 0 Å². The molecule has 6 nitrogen and oxygen atoms in total. The van der Waals surface area contributed by atoms with Gasteiger partial charge in [-0.3, -0.25) is 15.0 Å². The van der Waals surface area contributed by atoms with E-state index in [9.17, 15) is 8.42 Å². The van der Waals surface area contributed by atoms with Crippen LogP contribution in [0.5, 0.6) is 0 Å². The Balaban J connectivity index is 1.71. The molecule has 2 aromatic heterocycles. The van der Waals surface area contributed by atoms with Gasteiger partial charge in [0.1, 0.15) is 5.69 Å². The zero-order valence-electron chi connectivity index (χ0n) is 12.3. The van der Waals surface area contributed by atoms with Crippen LogP contribution >= 0.6 is 11.3 Å². The second-order valence-corrected chi connectivity index (χ2v) is 8.40. The summed E-state index contributed by atoms with van der Waals surface area (Å²) in [7, 11) is -3.07. The predicted molar refractivity (Wildman–Crippen MR) is 86.0 cm³/mol. The normalized spacial score (nSPS) is 17.7. The molecule has 3 heterocycles. The lowest BCUT2D eigenvalue weighted by atomic mass is 9.92. The van der Waals surface area contributed by atoms with Crippen molar-refractivity contribution in [3.05, 3.63) is 29.8 Å². The van der Waals surface area contributed by atoms with Crippen molar-refractivity contribution in [2.75, 3.05) is 19.3 Å². The Kier molecular flexibility index (Phi) is 4.51. The summed E-state index contributed by atoms with van der Waals surface area (Å²) in [6.45, 7) is 1.19. The number of hydrogen-bond acceptors (Lipinski definition) is 6. The summed E-state index contributed by atoms with van der Waals surface area (Å²) in [6, 6.07) is 0. The monoisotopic (exact) mass is 338 g/mol. The summed E-state index contributed by atoms with van der Waals surface area (Å²) < 4.78 is 24.7. The maximum Gasteiger partial charge on any atom is 0.211 e. The quantitative estimate of drug-likeness (QED) is 0.850. The highest BCUT2D eigenvalue weighted by atomic mass is 32.2. The molecule has 1 aliphatic rings. The number of hydrogen-bond donors (Lipinski definition) is 0. The molecule has 3 rings (SSSR count). The Morgan fingerprint density at radius 2 is 2.00 bits per heavy atom. The van der Waals surface area contributed by atoms with Gasteiger partial charge in [0.25, 0.3) is 0 Å². The van der Waals surface area contributed by atoms with Gasteiger partial charge in [0.05, 0.1) is 22.3 Å². The van der Waals surface area contributed by atoms with E-state index in [0.717, 1.165) is 35.5 Å². The zero-order chi connectivity index (χ0) is 15.6. The smallest absolute Gasteiger partial charge is 0.211 e. The summed E-state index contributed by atoms with van der Waals surface area (Å²) in [6.07, 6.45) is 9.06.